The Morgan fingerprint density at radius 3 is 1.09 bits per heavy atom. The molecule has 6 aliphatic carbocycles. The molecule has 0 bridgehead atoms. The smallest absolute Gasteiger partial charge is 0.191 e. The summed E-state index contributed by atoms with van der Waals surface area (Å²) in [5.41, 5.74) is -7.64. The molecule has 18 atom stereocenters. The van der Waals surface area contributed by atoms with Gasteiger partial charge in [0.1, 0.15) is 54.1 Å². The van der Waals surface area contributed by atoms with Gasteiger partial charge in [0.05, 0.1) is 97.9 Å². The van der Waals surface area contributed by atoms with Crippen molar-refractivity contribution in [3.63, 3.8) is 0 Å². The zero-order valence-electron chi connectivity index (χ0n) is 83.4. The normalized spacial score (nSPS) is 35.7. The van der Waals surface area contributed by atoms with E-state index in [0.717, 1.165) is 9.36 Å². The number of halogens is 3. The molecular weight excluding hydrogens is 1460 g/mol. The Labute approximate surface area is 668 Å². The lowest BCUT2D eigenvalue weighted by Gasteiger charge is -2.17. The van der Waals surface area contributed by atoms with Crippen LogP contribution in [0, 0.1) is 38.2 Å². The molecular formula is C72H93F3N18O12S3. The lowest BCUT2D eigenvalue weighted by atomic mass is 10.1. The van der Waals surface area contributed by atoms with Crippen molar-refractivity contribution in [1.29, 1.82) is 0 Å². The summed E-state index contributed by atoms with van der Waals surface area (Å²) >= 11 is 1.98. The molecule has 0 unspecified atom stereocenters. The van der Waals surface area contributed by atoms with Crippen molar-refractivity contribution in [2.24, 2.45) is 0 Å². The second kappa shape index (κ2) is 35.1. The Morgan fingerprint density at radius 1 is 0.463 bits per heavy atom. The highest BCUT2D eigenvalue weighted by Gasteiger charge is 2.49. The van der Waals surface area contributed by atoms with E-state index in [-0.39, 0.29) is 154 Å². The third-order valence-corrected chi connectivity index (χ3v) is 20.4. The number of rotatable bonds is 30. The number of nitrogens with zero attached hydrogens (tertiary/aromatic N) is 15. The molecule has 6 fully saturated rings. The zero-order chi connectivity index (χ0) is 98.5. The molecule has 9 aromatic rings. The first-order valence-corrected chi connectivity index (χ1v) is 36.6. The first kappa shape index (κ1) is 52.9. The van der Waals surface area contributed by atoms with Crippen LogP contribution < -0.4 is 16.0 Å². The average Bonchev–Trinajstić information content (AvgIpc) is 1.53. The Balaban J connectivity index is 0.000000169. The van der Waals surface area contributed by atoms with E-state index >= 15 is 0 Å². The minimum Gasteiger partial charge on any atom is -0.394 e. The van der Waals surface area contributed by atoms with E-state index in [2.05, 4.69) is 76.8 Å². The summed E-state index contributed by atoms with van der Waals surface area (Å²) in [6.07, 6.45) is -12.9. The van der Waals surface area contributed by atoms with Crippen LogP contribution in [0.4, 0.5) is 30.6 Å². The molecule has 108 heavy (non-hydrogen) atoms. The second-order valence-electron chi connectivity index (χ2n) is 25.3. The highest BCUT2D eigenvalue weighted by Crippen LogP contribution is 2.48. The Morgan fingerprint density at radius 2 is 0.787 bits per heavy atom. The highest BCUT2D eigenvalue weighted by atomic mass is 32.2. The molecule has 6 saturated carbocycles. The van der Waals surface area contributed by atoms with Crippen LogP contribution in [0.3, 0.4) is 0 Å². The van der Waals surface area contributed by atoms with E-state index in [9.17, 15) is 54.0 Å². The van der Waals surface area contributed by atoms with Gasteiger partial charge in [0.25, 0.3) is 0 Å². The van der Waals surface area contributed by atoms with Gasteiger partial charge in [0.2, 0.25) is 0 Å². The Bertz CT molecular complexity index is 5910. The summed E-state index contributed by atoms with van der Waals surface area (Å²) in [6, 6.07) is -14.3. The SMILES string of the molecule is [2H]c1c([2H])c([C@]2([2H])C[C@@]2([2H])Nc2nc(SC([2H])([2H])CC)nc3c2nnn3[C@@H]2C[C@H](OC([2H])([2H])CO)[C@@H](O)[C@H]2O)c([2H])c(F)c1C.[2H]c1c([2H])c([C@]2([2H])C[C@@]2([2H])Nc2nc(SC([2H])([2H])CC)nc3c2nnn3[C@@H]2C[C@H](OCC([2H])([2H])O)[C@@H](O)[C@H]2O)c([2H])c(F)c1C.[2H]c1c([2H])c([C@]2([2H])C[C@@]2([2H])Nc2nc(SC([2H])([2H])CC)nc3c2nnn3[C@@H]2C[C@H](OCCO)[C@@H](O)[C@H]2O)c([2H])c(F)c1C. The summed E-state index contributed by atoms with van der Waals surface area (Å²) in [7, 11) is 0. The number of aliphatic hydroxyl groups is 9. The number of ether oxygens (including phenoxy) is 3. The maximum absolute atomic E-state index is 14.8. The van der Waals surface area contributed by atoms with E-state index in [1.54, 1.807) is 20.8 Å². The number of benzene rings is 3. The van der Waals surface area contributed by atoms with Gasteiger partial charge >= 0.3 is 0 Å². The van der Waals surface area contributed by atoms with E-state index in [4.69, 9.17) is 53.6 Å². The molecule has 30 nitrogen and oxygen atoms in total. The summed E-state index contributed by atoms with van der Waals surface area (Å²) in [5.74, 6) is -9.73. The Hall–Kier alpha value is -7.14. The van der Waals surface area contributed by atoms with Crippen LogP contribution in [-0.4, -0.2) is 250 Å². The van der Waals surface area contributed by atoms with Gasteiger partial charge in [-0.1, -0.05) is 108 Å². The molecule has 0 saturated heterocycles. The van der Waals surface area contributed by atoms with Crippen molar-refractivity contribution in [3.8, 4) is 0 Å². The minimum atomic E-state index is -2.68. The lowest BCUT2D eigenvalue weighted by molar-refractivity contribution is -0.0629. The number of thioether (sulfide) groups is 3. The van der Waals surface area contributed by atoms with Crippen molar-refractivity contribution >= 4 is 86.2 Å². The maximum atomic E-state index is 14.8. The lowest BCUT2D eigenvalue weighted by Crippen LogP contribution is -2.33. The monoisotopic (exact) mass is 1580 g/mol. The molecule has 36 heteroatoms. The van der Waals surface area contributed by atoms with Crippen LogP contribution in [0.5, 0.6) is 0 Å². The number of nitrogens with one attached hydrogen (secondary N) is 3. The molecule has 6 aliphatic rings. The van der Waals surface area contributed by atoms with Gasteiger partial charge in [-0.05, 0) is 111 Å². The molecule has 582 valence electrons. The summed E-state index contributed by atoms with van der Waals surface area (Å²) < 4.78 is 271. The van der Waals surface area contributed by atoms with Crippen molar-refractivity contribution in [2.45, 2.75) is 224 Å². The van der Waals surface area contributed by atoms with Gasteiger partial charge in [-0.25, -0.2) is 57.1 Å². The molecule has 0 aliphatic heterocycles. The second-order valence-corrected chi connectivity index (χ2v) is 27.9. The quantitative estimate of drug-likeness (QED) is 0.0168. The summed E-state index contributed by atoms with van der Waals surface area (Å²) in [5, 5.41) is 124. The fourth-order valence-electron chi connectivity index (χ4n) is 12.2. The van der Waals surface area contributed by atoms with Crippen molar-refractivity contribution in [2.75, 3.05) is 72.6 Å². The van der Waals surface area contributed by atoms with Gasteiger partial charge in [0, 0.05) is 84.4 Å². The number of fused-ring (bicyclic) bond motifs is 3. The van der Waals surface area contributed by atoms with Crippen LogP contribution in [0.2, 0.25) is 0 Å². The average molecular weight is 1580 g/mol. The van der Waals surface area contributed by atoms with Gasteiger partial charge in [-0.15, -0.1) is 15.3 Å². The van der Waals surface area contributed by atoms with Gasteiger partial charge < -0.3 is 76.1 Å². The number of aliphatic hydroxyl groups excluding tert-OH is 8. The maximum Gasteiger partial charge on any atom is 0.191 e. The number of anilines is 3. The standard InChI is InChI=1S/3C24H31FN6O4S/c3*1-3-8-36-24-27-22(26-16-10-14(16)13-5-4-12(2)15(25)9-13)19-23(28-24)31(30-29-19)17-11-18(35-7-6-32)21(34)20(17)33/h3*4-5,9,14,16-18,20-21,32-34H,3,6-8,10-11H2,1-2H3,(H,26,27,28)/t3*14-,16+,17+,18-,20-,21+/m000/s1/i4D,5D,7D2,8D2,9D,14D,16D;4D,5D,6D2,8D2,9D,14D,16D;4D,5D,8D2,9D,14D,16D. The Kier molecular flexibility index (Phi) is 17.2. The molecule has 0 amide bonds. The molecule has 0 radical (unpaired) electrons. The predicted octanol–water partition coefficient (Wildman–Crippen LogP) is 6.55. The number of hydrogen-bond acceptors (Lipinski definition) is 30. The molecule has 15 rings (SSSR count). The van der Waals surface area contributed by atoms with Crippen LogP contribution in [-0.2, 0) is 14.2 Å². The first-order chi connectivity index (χ1) is 61.6. The van der Waals surface area contributed by atoms with Gasteiger partial charge in [-0.3, -0.25) is 0 Å². The van der Waals surface area contributed by atoms with Crippen LogP contribution in [0.25, 0.3) is 33.5 Å². The third-order valence-electron chi connectivity index (χ3n) is 18.0. The minimum absolute atomic E-state index is 0.00263. The zero-order valence-corrected chi connectivity index (χ0v) is 60.9. The molecule has 6 aromatic heterocycles. The first-order valence-electron chi connectivity index (χ1n) is 46.6. The molecule has 12 N–H and O–H groups in total. The van der Waals surface area contributed by atoms with Crippen molar-refractivity contribution in [3.05, 3.63) is 105 Å². The van der Waals surface area contributed by atoms with Gasteiger partial charge in [0.15, 0.2) is 66.4 Å². The van der Waals surface area contributed by atoms with E-state index in [1.807, 2.05) is 0 Å². The van der Waals surface area contributed by atoms with Crippen molar-refractivity contribution in [1.82, 2.24) is 74.9 Å². The predicted molar refractivity (Wildman–Crippen MR) is 398 cm³/mol. The number of hydrogen-bond donors (Lipinski definition) is 12. The molecule has 3 aromatic carbocycles. The third kappa shape index (κ3) is 17.5. The van der Waals surface area contributed by atoms with Crippen LogP contribution in [0.15, 0.2) is 69.9 Å². The largest absolute Gasteiger partial charge is 0.394 e. The summed E-state index contributed by atoms with van der Waals surface area (Å²) in [4.78, 5) is 26.2. The summed E-state index contributed by atoms with van der Waals surface area (Å²) in [6.45, 7) is 1.31. The van der Waals surface area contributed by atoms with Gasteiger partial charge in [-0.2, -0.15) is 0 Å². The topological polar surface area (TPSA) is 415 Å². The van der Waals surface area contributed by atoms with E-state index < -0.39 is 241 Å². The van der Waals surface area contributed by atoms with E-state index in [1.165, 1.54) is 25.5 Å². The number of aromatic nitrogens is 15. The van der Waals surface area contributed by atoms with E-state index in [0.29, 0.717) is 35.3 Å². The van der Waals surface area contributed by atoms with Crippen molar-refractivity contribution < 1.29 is 108 Å². The fraction of sp³-hybridized carbons (Fsp3) is 0.583. The fourth-order valence-corrected chi connectivity index (χ4v) is 13.8. The van der Waals surface area contributed by atoms with Crippen LogP contribution >= 0.6 is 35.3 Å². The van der Waals surface area contributed by atoms with Crippen LogP contribution in [0.1, 0.15) is 182 Å². The molecule has 6 heterocycles. The molecule has 0 spiro atoms. The highest BCUT2D eigenvalue weighted by molar-refractivity contribution is 7.99.